The van der Waals surface area contributed by atoms with E-state index in [0.29, 0.717) is 12.0 Å². The van der Waals surface area contributed by atoms with Crippen molar-refractivity contribution in [2.24, 2.45) is 5.41 Å². The second-order valence-electron chi connectivity index (χ2n) is 3.96. The average Bonchev–Trinajstić information content (AvgIpc) is 2.93. The molecule has 0 spiro atoms. The maximum Gasteiger partial charge on any atom is 0.314 e. The fourth-order valence-corrected chi connectivity index (χ4v) is 1.50. The molecule has 1 aliphatic rings. The molecule has 1 rings (SSSR count). The van der Waals surface area contributed by atoms with Crippen molar-refractivity contribution in [1.29, 1.82) is 0 Å². The maximum absolute atomic E-state index is 11.1. The Hall–Kier alpha value is -0.770. The number of carbonyl (C=O) groups excluding carboxylic acids is 1. The summed E-state index contributed by atoms with van der Waals surface area (Å²) >= 11 is 0. The van der Waals surface area contributed by atoms with E-state index in [9.17, 15) is 4.79 Å². The highest BCUT2D eigenvalue weighted by molar-refractivity contribution is 5.73. The van der Waals surface area contributed by atoms with Gasteiger partial charge < -0.3 is 15.4 Å². The van der Waals surface area contributed by atoms with Gasteiger partial charge in [-0.1, -0.05) is 0 Å². The number of methoxy groups -OCH3 is 1. The molecule has 2 N–H and O–H groups in total. The fourth-order valence-electron chi connectivity index (χ4n) is 1.50. The predicted octanol–water partition coefficient (Wildman–Crippen LogP) is 1.12. The van der Waals surface area contributed by atoms with Crippen LogP contribution < -0.4 is 10.6 Å². The number of ether oxygens (including phenoxy) is 1. The van der Waals surface area contributed by atoms with Crippen molar-refractivity contribution in [3.8, 4) is 0 Å². The number of amides is 2. The Bertz CT molecular complexity index is 191. The Balaban J connectivity index is 2.13. The van der Waals surface area contributed by atoms with Gasteiger partial charge in [-0.25, -0.2) is 4.79 Å². The standard InChI is InChI=1S/C10H20N2O2/c1-3-11-9(13)12-8-10(4-5-10)6-7-14-2/h3-8H2,1-2H3,(H2,11,12,13). The maximum atomic E-state index is 11.1. The van der Waals surface area contributed by atoms with E-state index in [2.05, 4.69) is 10.6 Å². The van der Waals surface area contributed by atoms with Gasteiger partial charge in [0.2, 0.25) is 0 Å². The molecule has 14 heavy (non-hydrogen) atoms. The third kappa shape index (κ3) is 3.54. The van der Waals surface area contributed by atoms with Crippen LogP contribution in [0.3, 0.4) is 0 Å². The normalized spacial score (nSPS) is 17.6. The molecule has 4 heteroatoms. The zero-order valence-electron chi connectivity index (χ0n) is 9.06. The van der Waals surface area contributed by atoms with E-state index in [-0.39, 0.29) is 6.03 Å². The van der Waals surface area contributed by atoms with E-state index in [1.54, 1.807) is 7.11 Å². The van der Waals surface area contributed by atoms with Gasteiger partial charge in [-0.2, -0.15) is 0 Å². The molecule has 1 fully saturated rings. The van der Waals surface area contributed by atoms with Gasteiger partial charge in [0.05, 0.1) is 0 Å². The summed E-state index contributed by atoms with van der Waals surface area (Å²) in [5.74, 6) is 0. The molecule has 0 unspecified atom stereocenters. The molecule has 0 aromatic heterocycles. The van der Waals surface area contributed by atoms with Crippen LogP contribution in [-0.2, 0) is 4.74 Å². The molecule has 1 saturated carbocycles. The van der Waals surface area contributed by atoms with Gasteiger partial charge in [0.25, 0.3) is 0 Å². The Morgan fingerprint density at radius 1 is 1.43 bits per heavy atom. The molecule has 0 heterocycles. The first kappa shape index (κ1) is 11.3. The van der Waals surface area contributed by atoms with Crippen LogP contribution in [-0.4, -0.2) is 32.8 Å². The van der Waals surface area contributed by atoms with E-state index >= 15 is 0 Å². The lowest BCUT2D eigenvalue weighted by Crippen LogP contribution is -2.38. The number of hydrogen-bond acceptors (Lipinski definition) is 2. The van der Waals surface area contributed by atoms with E-state index in [1.165, 1.54) is 12.8 Å². The number of hydrogen-bond donors (Lipinski definition) is 2. The third-order valence-corrected chi connectivity index (χ3v) is 2.75. The van der Waals surface area contributed by atoms with Gasteiger partial charge in [0, 0.05) is 26.8 Å². The quantitative estimate of drug-likeness (QED) is 0.675. The Labute approximate surface area is 85.4 Å². The highest BCUT2D eigenvalue weighted by Gasteiger charge is 2.41. The third-order valence-electron chi connectivity index (χ3n) is 2.75. The van der Waals surface area contributed by atoms with Gasteiger partial charge in [0.15, 0.2) is 0 Å². The van der Waals surface area contributed by atoms with Crippen molar-refractivity contribution >= 4 is 6.03 Å². The Morgan fingerprint density at radius 2 is 2.14 bits per heavy atom. The van der Waals surface area contributed by atoms with Gasteiger partial charge in [-0.15, -0.1) is 0 Å². The van der Waals surface area contributed by atoms with Gasteiger partial charge in [-0.05, 0) is 31.6 Å². The van der Waals surface area contributed by atoms with Gasteiger partial charge in [-0.3, -0.25) is 0 Å². The molecule has 0 saturated heterocycles. The summed E-state index contributed by atoms with van der Waals surface area (Å²) in [6, 6.07) is -0.0591. The molecule has 82 valence electrons. The van der Waals surface area contributed by atoms with Crippen LogP contribution in [0.5, 0.6) is 0 Å². The van der Waals surface area contributed by atoms with Crippen molar-refractivity contribution in [2.75, 3.05) is 26.8 Å². The van der Waals surface area contributed by atoms with Crippen LogP contribution in [0.25, 0.3) is 0 Å². The van der Waals surface area contributed by atoms with E-state index in [4.69, 9.17) is 4.74 Å². The minimum atomic E-state index is -0.0591. The first-order valence-corrected chi connectivity index (χ1v) is 5.23. The zero-order valence-corrected chi connectivity index (χ0v) is 9.06. The molecule has 1 aliphatic carbocycles. The van der Waals surface area contributed by atoms with Crippen LogP contribution in [0.4, 0.5) is 4.79 Å². The second-order valence-corrected chi connectivity index (χ2v) is 3.96. The number of carbonyl (C=O) groups is 1. The molecule has 0 radical (unpaired) electrons. The predicted molar refractivity (Wildman–Crippen MR) is 55.2 cm³/mol. The largest absolute Gasteiger partial charge is 0.385 e. The first-order valence-electron chi connectivity index (χ1n) is 5.23. The highest BCUT2D eigenvalue weighted by atomic mass is 16.5. The molecule has 0 bridgehead atoms. The van der Waals surface area contributed by atoms with Gasteiger partial charge in [0.1, 0.15) is 0 Å². The Morgan fingerprint density at radius 3 is 2.64 bits per heavy atom. The minimum absolute atomic E-state index is 0.0591. The minimum Gasteiger partial charge on any atom is -0.385 e. The number of nitrogens with one attached hydrogen (secondary N) is 2. The van der Waals surface area contributed by atoms with E-state index < -0.39 is 0 Å². The van der Waals surface area contributed by atoms with Crippen LogP contribution in [0, 0.1) is 5.41 Å². The van der Waals surface area contributed by atoms with Crippen LogP contribution in [0.15, 0.2) is 0 Å². The molecule has 0 aliphatic heterocycles. The summed E-state index contributed by atoms with van der Waals surface area (Å²) in [5.41, 5.74) is 0.334. The summed E-state index contributed by atoms with van der Waals surface area (Å²) in [4.78, 5) is 11.1. The van der Waals surface area contributed by atoms with Crippen molar-refractivity contribution in [2.45, 2.75) is 26.2 Å². The molecule has 2 amide bonds. The number of urea groups is 1. The summed E-state index contributed by atoms with van der Waals surface area (Å²) in [6.07, 6.45) is 3.47. The Kier molecular flexibility index (Phi) is 4.20. The van der Waals surface area contributed by atoms with Crippen molar-refractivity contribution in [3.05, 3.63) is 0 Å². The lowest BCUT2D eigenvalue weighted by atomic mass is 10.0. The summed E-state index contributed by atoms with van der Waals surface area (Å²) < 4.78 is 5.04. The van der Waals surface area contributed by atoms with Crippen LogP contribution in [0.2, 0.25) is 0 Å². The SMILES string of the molecule is CCNC(=O)NCC1(CCOC)CC1. The fraction of sp³-hybridized carbons (Fsp3) is 0.900. The topological polar surface area (TPSA) is 50.4 Å². The monoisotopic (exact) mass is 200 g/mol. The molecule has 0 aromatic carbocycles. The van der Waals surface area contributed by atoms with Crippen LogP contribution >= 0.6 is 0 Å². The van der Waals surface area contributed by atoms with Crippen molar-refractivity contribution in [3.63, 3.8) is 0 Å². The molecule has 0 atom stereocenters. The lowest BCUT2D eigenvalue weighted by Gasteiger charge is -2.15. The second kappa shape index (κ2) is 5.20. The average molecular weight is 200 g/mol. The smallest absolute Gasteiger partial charge is 0.314 e. The van der Waals surface area contributed by atoms with Crippen molar-refractivity contribution < 1.29 is 9.53 Å². The summed E-state index contributed by atoms with van der Waals surface area (Å²) in [7, 11) is 1.72. The van der Waals surface area contributed by atoms with E-state index in [0.717, 1.165) is 19.6 Å². The molecule has 0 aromatic rings. The molecular weight excluding hydrogens is 180 g/mol. The first-order chi connectivity index (χ1) is 6.72. The lowest BCUT2D eigenvalue weighted by molar-refractivity contribution is 0.171. The summed E-state index contributed by atoms with van der Waals surface area (Å²) in [5, 5.41) is 5.61. The molecular formula is C10H20N2O2. The van der Waals surface area contributed by atoms with Crippen LogP contribution in [0.1, 0.15) is 26.2 Å². The summed E-state index contributed by atoms with van der Waals surface area (Å²) in [6.45, 7) is 4.16. The number of rotatable bonds is 6. The van der Waals surface area contributed by atoms with E-state index in [1.807, 2.05) is 6.92 Å². The van der Waals surface area contributed by atoms with Crippen molar-refractivity contribution in [1.82, 2.24) is 10.6 Å². The van der Waals surface area contributed by atoms with Gasteiger partial charge >= 0.3 is 6.03 Å². The zero-order chi connectivity index (χ0) is 10.4. The highest BCUT2D eigenvalue weighted by Crippen LogP contribution is 2.48. The molecule has 4 nitrogen and oxygen atoms in total.